The van der Waals surface area contributed by atoms with Gasteiger partial charge in [-0.1, -0.05) is 6.92 Å². The van der Waals surface area contributed by atoms with E-state index in [4.69, 9.17) is 11.6 Å². The first-order chi connectivity index (χ1) is 6.18. The van der Waals surface area contributed by atoms with Crippen molar-refractivity contribution in [3.63, 3.8) is 0 Å². The number of rotatable bonds is 3. The Balaban J connectivity index is 2.07. The zero-order valence-corrected chi connectivity index (χ0v) is 8.75. The summed E-state index contributed by atoms with van der Waals surface area (Å²) in [4.78, 5) is 0. The minimum absolute atomic E-state index is 0.519. The molecule has 1 aliphatic rings. The first-order valence-electron chi connectivity index (χ1n) is 4.74. The van der Waals surface area contributed by atoms with E-state index >= 15 is 0 Å². The molecule has 0 aromatic carbocycles. The van der Waals surface area contributed by atoms with Gasteiger partial charge in [0.2, 0.25) is 5.28 Å². The molecule has 0 saturated heterocycles. The van der Waals surface area contributed by atoms with E-state index in [1.807, 2.05) is 11.5 Å². The Kier molecular flexibility index (Phi) is 2.28. The average molecular weight is 200 g/mol. The minimum Gasteiger partial charge on any atom is -0.302 e. The van der Waals surface area contributed by atoms with Gasteiger partial charge in [-0.25, -0.2) is 0 Å². The summed E-state index contributed by atoms with van der Waals surface area (Å²) in [7, 11) is 0. The maximum atomic E-state index is 5.90. The summed E-state index contributed by atoms with van der Waals surface area (Å²) in [6.45, 7) is 5.17. The normalized spacial score (nSPS) is 19.0. The lowest BCUT2D eigenvalue weighted by Gasteiger charge is -2.11. The molecule has 0 radical (unpaired) electrons. The summed E-state index contributed by atoms with van der Waals surface area (Å²) < 4.78 is 1.99. The molecule has 0 spiro atoms. The van der Waals surface area contributed by atoms with Crippen LogP contribution in [0.1, 0.15) is 25.6 Å². The van der Waals surface area contributed by atoms with Gasteiger partial charge in [0, 0.05) is 6.54 Å². The van der Waals surface area contributed by atoms with Gasteiger partial charge >= 0.3 is 0 Å². The Labute approximate surface area is 83.1 Å². The van der Waals surface area contributed by atoms with Crippen molar-refractivity contribution in [2.24, 2.45) is 11.8 Å². The molecule has 0 bridgehead atoms. The highest BCUT2D eigenvalue weighted by molar-refractivity contribution is 6.28. The Bertz CT molecular complexity index is 284. The molecular weight excluding hydrogens is 186 g/mol. The van der Waals surface area contributed by atoms with Crippen LogP contribution in [0.25, 0.3) is 0 Å². The van der Waals surface area contributed by atoms with Gasteiger partial charge in [0.15, 0.2) is 0 Å². The summed E-state index contributed by atoms with van der Waals surface area (Å²) in [5, 5.41) is 8.28. The summed E-state index contributed by atoms with van der Waals surface area (Å²) in [6.07, 6.45) is 2.75. The van der Waals surface area contributed by atoms with E-state index in [2.05, 4.69) is 17.1 Å². The predicted molar refractivity (Wildman–Crippen MR) is 51.7 cm³/mol. The van der Waals surface area contributed by atoms with Crippen LogP contribution in [0.2, 0.25) is 5.28 Å². The lowest BCUT2D eigenvalue weighted by molar-refractivity contribution is 0.425. The maximum Gasteiger partial charge on any atom is 0.225 e. The summed E-state index contributed by atoms with van der Waals surface area (Å²) in [5.74, 6) is 2.52. The van der Waals surface area contributed by atoms with Crippen LogP contribution in [-0.4, -0.2) is 14.8 Å². The van der Waals surface area contributed by atoms with E-state index in [1.165, 1.54) is 12.8 Å². The van der Waals surface area contributed by atoms with E-state index in [9.17, 15) is 0 Å². The van der Waals surface area contributed by atoms with Gasteiger partial charge in [0.05, 0.1) is 0 Å². The molecule has 1 aromatic rings. The molecule has 0 amide bonds. The van der Waals surface area contributed by atoms with Gasteiger partial charge in [-0.2, -0.15) is 0 Å². The Morgan fingerprint density at radius 3 is 2.69 bits per heavy atom. The highest BCUT2D eigenvalue weighted by atomic mass is 35.5. The maximum absolute atomic E-state index is 5.90. The molecule has 72 valence electrons. The lowest BCUT2D eigenvalue weighted by Crippen LogP contribution is -2.10. The zero-order chi connectivity index (χ0) is 9.42. The van der Waals surface area contributed by atoms with Crippen LogP contribution in [0.4, 0.5) is 0 Å². The van der Waals surface area contributed by atoms with Crippen molar-refractivity contribution in [1.29, 1.82) is 0 Å². The van der Waals surface area contributed by atoms with Crippen LogP contribution in [0.15, 0.2) is 0 Å². The average Bonchev–Trinajstić information content (AvgIpc) is 2.88. The first kappa shape index (κ1) is 9.00. The topological polar surface area (TPSA) is 30.7 Å². The van der Waals surface area contributed by atoms with Gasteiger partial charge in [0.25, 0.3) is 0 Å². The number of hydrogen-bond acceptors (Lipinski definition) is 2. The summed E-state index contributed by atoms with van der Waals surface area (Å²) >= 11 is 5.90. The molecule has 1 saturated carbocycles. The Morgan fingerprint density at radius 1 is 1.54 bits per heavy atom. The van der Waals surface area contributed by atoms with Gasteiger partial charge in [-0.15, -0.1) is 10.2 Å². The largest absolute Gasteiger partial charge is 0.302 e. The third kappa shape index (κ3) is 1.85. The Hall–Kier alpha value is -0.570. The third-order valence-corrected chi connectivity index (χ3v) is 3.07. The number of aromatic nitrogens is 3. The van der Waals surface area contributed by atoms with Gasteiger partial charge in [0.1, 0.15) is 5.82 Å². The molecule has 2 rings (SSSR count). The van der Waals surface area contributed by atoms with E-state index in [-0.39, 0.29) is 0 Å². The second kappa shape index (κ2) is 3.29. The number of aryl methyl sites for hydroxylation is 1. The Morgan fingerprint density at radius 2 is 2.23 bits per heavy atom. The quantitative estimate of drug-likeness (QED) is 0.748. The van der Waals surface area contributed by atoms with Gasteiger partial charge < -0.3 is 4.57 Å². The fourth-order valence-corrected chi connectivity index (χ4v) is 1.89. The fourth-order valence-electron chi connectivity index (χ4n) is 1.66. The first-order valence-corrected chi connectivity index (χ1v) is 5.11. The fraction of sp³-hybridized carbons (Fsp3) is 0.778. The van der Waals surface area contributed by atoms with Crippen molar-refractivity contribution >= 4 is 11.6 Å². The molecule has 4 heteroatoms. The molecule has 1 atom stereocenters. The molecule has 1 fully saturated rings. The van der Waals surface area contributed by atoms with Gasteiger partial charge in [-0.05, 0) is 43.2 Å². The minimum atomic E-state index is 0.519. The summed E-state index contributed by atoms with van der Waals surface area (Å²) in [6, 6.07) is 0. The standard InChI is InChI=1S/C9H14ClN3/c1-6(8-3-4-8)5-13-7(2)11-12-9(13)10/h6,8H,3-5H2,1-2H3. The number of halogens is 1. The van der Waals surface area contributed by atoms with Crippen LogP contribution in [-0.2, 0) is 6.54 Å². The van der Waals surface area contributed by atoms with Crippen molar-refractivity contribution in [2.75, 3.05) is 0 Å². The molecule has 1 aliphatic carbocycles. The highest BCUT2D eigenvalue weighted by Crippen LogP contribution is 2.37. The molecular formula is C9H14ClN3. The van der Waals surface area contributed by atoms with Crippen LogP contribution >= 0.6 is 11.6 Å². The number of nitrogens with zero attached hydrogens (tertiary/aromatic N) is 3. The summed E-state index contributed by atoms with van der Waals surface area (Å²) in [5.41, 5.74) is 0. The van der Waals surface area contributed by atoms with Crippen molar-refractivity contribution < 1.29 is 0 Å². The second-order valence-corrected chi connectivity index (χ2v) is 4.28. The van der Waals surface area contributed by atoms with Crippen molar-refractivity contribution in [2.45, 2.75) is 33.2 Å². The van der Waals surface area contributed by atoms with Crippen LogP contribution in [0.5, 0.6) is 0 Å². The second-order valence-electron chi connectivity index (χ2n) is 3.94. The smallest absolute Gasteiger partial charge is 0.225 e. The van der Waals surface area contributed by atoms with Crippen LogP contribution < -0.4 is 0 Å². The van der Waals surface area contributed by atoms with Crippen LogP contribution in [0, 0.1) is 18.8 Å². The number of hydrogen-bond donors (Lipinski definition) is 0. The third-order valence-electron chi connectivity index (χ3n) is 2.79. The lowest BCUT2D eigenvalue weighted by atomic mass is 10.1. The van der Waals surface area contributed by atoms with Gasteiger partial charge in [-0.3, -0.25) is 0 Å². The molecule has 1 unspecified atom stereocenters. The highest BCUT2D eigenvalue weighted by Gasteiger charge is 2.28. The van der Waals surface area contributed by atoms with E-state index in [0.29, 0.717) is 11.2 Å². The monoisotopic (exact) mass is 199 g/mol. The van der Waals surface area contributed by atoms with Crippen molar-refractivity contribution in [3.05, 3.63) is 11.1 Å². The molecule has 13 heavy (non-hydrogen) atoms. The predicted octanol–water partition coefficient (Wildman–Crippen LogP) is 2.29. The van der Waals surface area contributed by atoms with E-state index < -0.39 is 0 Å². The van der Waals surface area contributed by atoms with Crippen molar-refractivity contribution in [3.8, 4) is 0 Å². The molecule has 1 aromatic heterocycles. The van der Waals surface area contributed by atoms with Crippen molar-refractivity contribution in [1.82, 2.24) is 14.8 Å². The van der Waals surface area contributed by atoms with E-state index in [1.54, 1.807) is 0 Å². The zero-order valence-electron chi connectivity index (χ0n) is 8.00. The molecule has 0 N–H and O–H groups in total. The van der Waals surface area contributed by atoms with E-state index in [0.717, 1.165) is 18.3 Å². The van der Waals surface area contributed by atoms with Crippen LogP contribution in [0.3, 0.4) is 0 Å². The molecule has 0 aliphatic heterocycles. The SMILES string of the molecule is Cc1nnc(Cl)n1CC(C)C1CC1. The molecule has 3 nitrogen and oxygen atoms in total. The molecule has 1 heterocycles.